The first kappa shape index (κ1) is 14.9. The number of rotatable bonds is 4. The molecule has 20 heavy (non-hydrogen) atoms. The van der Waals surface area contributed by atoms with Crippen LogP contribution in [0.25, 0.3) is 0 Å². The molecule has 1 aromatic rings. The first-order valence-corrected chi connectivity index (χ1v) is 7.84. The zero-order chi connectivity index (χ0) is 14.4. The molecular formula is C13H20N4O2S. The van der Waals surface area contributed by atoms with Crippen LogP contribution in [0.2, 0.25) is 0 Å². The van der Waals surface area contributed by atoms with Crippen molar-refractivity contribution < 1.29 is 9.59 Å². The lowest BCUT2D eigenvalue weighted by atomic mass is 9.96. The number of aryl methyl sites for hydroxylation is 1. The smallest absolute Gasteiger partial charge is 0.321 e. The molecule has 6 nitrogen and oxygen atoms in total. The van der Waals surface area contributed by atoms with E-state index >= 15 is 0 Å². The van der Waals surface area contributed by atoms with E-state index in [-0.39, 0.29) is 23.7 Å². The van der Waals surface area contributed by atoms with Crippen molar-refractivity contribution >= 4 is 23.7 Å². The van der Waals surface area contributed by atoms with Gasteiger partial charge in [0.1, 0.15) is 0 Å². The summed E-state index contributed by atoms with van der Waals surface area (Å²) < 4.78 is 1.83. The van der Waals surface area contributed by atoms with Crippen LogP contribution in [0.4, 0.5) is 4.79 Å². The number of urea groups is 1. The van der Waals surface area contributed by atoms with Crippen LogP contribution < -0.4 is 10.6 Å². The molecule has 0 spiro atoms. The lowest BCUT2D eigenvalue weighted by molar-refractivity contribution is -0.117. The van der Waals surface area contributed by atoms with Crippen molar-refractivity contribution in [2.24, 2.45) is 7.05 Å². The van der Waals surface area contributed by atoms with E-state index < -0.39 is 0 Å². The van der Waals surface area contributed by atoms with Crippen LogP contribution >= 0.6 is 11.8 Å². The summed E-state index contributed by atoms with van der Waals surface area (Å²) in [5.74, 6) is -0.116. The fourth-order valence-electron chi connectivity index (χ4n) is 2.25. The van der Waals surface area contributed by atoms with Gasteiger partial charge in [0, 0.05) is 25.5 Å². The van der Waals surface area contributed by atoms with Gasteiger partial charge in [0.05, 0.1) is 5.75 Å². The summed E-state index contributed by atoms with van der Waals surface area (Å²) in [6, 6.07) is -0.180. The summed E-state index contributed by atoms with van der Waals surface area (Å²) in [6.07, 6.45) is 9.03. The number of imidazole rings is 1. The highest BCUT2D eigenvalue weighted by Gasteiger charge is 2.17. The van der Waals surface area contributed by atoms with E-state index in [1.807, 2.05) is 17.8 Å². The highest BCUT2D eigenvalue weighted by molar-refractivity contribution is 7.99. The summed E-state index contributed by atoms with van der Waals surface area (Å²) in [7, 11) is 1.86. The Hall–Kier alpha value is -1.50. The molecule has 0 aliphatic heterocycles. The lowest BCUT2D eigenvalue weighted by Crippen LogP contribution is -2.45. The third kappa shape index (κ3) is 4.56. The van der Waals surface area contributed by atoms with Crippen molar-refractivity contribution in [2.75, 3.05) is 5.75 Å². The second-order valence-corrected chi connectivity index (χ2v) is 5.91. The van der Waals surface area contributed by atoms with Crippen molar-refractivity contribution in [3.63, 3.8) is 0 Å². The maximum Gasteiger partial charge on any atom is 0.321 e. The number of imide groups is 1. The monoisotopic (exact) mass is 296 g/mol. The number of thioether (sulfide) groups is 1. The van der Waals surface area contributed by atoms with Gasteiger partial charge in [0.25, 0.3) is 0 Å². The Morgan fingerprint density at radius 2 is 2.15 bits per heavy atom. The number of carbonyl (C=O) groups excluding carboxylic acids is 2. The van der Waals surface area contributed by atoms with E-state index in [2.05, 4.69) is 15.6 Å². The molecule has 0 saturated heterocycles. The van der Waals surface area contributed by atoms with Crippen LogP contribution in [0.15, 0.2) is 17.6 Å². The second kappa shape index (κ2) is 7.33. The maximum absolute atomic E-state index is 11.7. The largest absolute Gasteiger partial charge is 0.335 e. The molecule has 0 bridgehead atoms. The molecule has 2 rings (SSSR count). The zero-order valence-corrected chi connectivity index (χ0v) is 12.4. The Balaban J connectivity index is 1.68. The molecule has 0 unspecified atom stereocenters. The van der Waals surface area contributed by atoms with Crippen molar-refractivity contribution in [2.45, 2.75) is 43.3 Å². The minimum atomic E-state index is -0.387. The summed E-state index contributed by atoms with van der Waals surface area (Å²) in [5.41, 5.74) is 0. The maximum atomic E-state index is 11.7. The SMILES string of the molecule is Cn1ccnc1SCC(=O)NC(=O)NC1CCCCC1. The number of aromatic nitrogens is 2. The molecule has 1 aromatic heterocycles. The lowest BCUT2D eigenvalue weighted by Gasteiger charge is -2.22. The zero-order valence-electron chi connectivity index (χ0n) is 11.6. The van der Waals surface area contributed by atoms with Crippen LogP contribution in [0.1, 0.15) is 32.1 Å². The van der Waals surface area contributed by atoms with Gasteiger partial charge in [-0.15, -0.1) is 0 Å². The number of nitrogens with one attached hydrogen (secondary N) is 2. The van der Waals surface area contributed by atoms with Crippen molar-refractivity contribution in [3.05, 3.63) is 12.4 Å². The molecule has 1 aliphatic carbocycles. The standard InChI is InChI=1S/C13H20N4O2S/c1-17-8-7-14-13(17)20-9-11(18)16-12(19)15-10-5-3-2-4-6-10/h7-8,10H,2-6,9H2,1H3,(H2,15,16,18,19). The molecular weight excluding hydrogens is 276 g/mol. The van der Waals surface area contributed by atoms with E-state index in [0.717, 1.165) is 30.8 Å². The van der Waals surface area contributed by atoms with Crippen LogP contribution in [-0.2, 0) is 11.8 Å². The summed E-state index contributed by atoms with van der Waals surface area (Å²) in [4.78, 5) is 27.5. The number of carbonyl (C=O) groups is 2. The third-order valence-corrected chi connectivity index (χ3v) is 4.36. The van der Waals surface area contributed by atoms with Gasteiger partial charge in [-0.3, -0.25) is 10.1 Å². The van der Waals surface area contributed by atoms with Gasteiger partial charge in [-0.25, -0.2) is 9.78 Å². The van der Waals surface area contributed by atoms with Gasteiger partial charge >= 0.3 is 6.03 Å². The first-order chi connectivity index (χ1) is 9.65. The number of hydrogen-bond donors (Lipinski definition) is 2. The van der Waals surface area contributed by atoms with Gasteiger partial charge in [-0.2, -0.15) is 0 Å². The Bertz CT molecular complexity index is 469. The number of amides is 3. The predicted molar refractivity (Wildman–Crippen MR) is 77.5 cm³/mol. The molecule has 1 aliphatic rings. The molecule has 2 N–H and O–H groups in total. The van der Waals surface area contributed by atoms with Crippen LogP contribution in [-0.4, -0.2) is 33.3 Å². The van der Waals surface area contributed by atoms with Crippen molar-refractivity contribution in [1.29, 1.82) is 0 Å². The molecule has 110 valence electrons. The van der Waals surface area contributed by atoms with Crippen molar-refractivity contribution in [3.8, 4) is 0 Å². The summed E-state index contributed by atoms with van der Waals surface area (Å²) in [5, 5.41) is 5.97. The van der Waals surface area contributed by atoms with E-state index in [1.165, 1.54) is 18.2 Å². The fraction of sp³-hybridized carbons (Fsp3) is 0.615. The highest BCUT2D eigenvalue weighted by Crippen LogP contribution is 2.17. The molecule has 1 saturated carbocycles. The highest BCUT2D eigenvalue weighted by atomic mass is 32.2. The third-order valence-electron chi connectivity index (χ3n) is 3.30. The van der Waals surface area contributed by atoms with E-state index in [9.17, 15) is 9.59 Å². The quantitative estimate of drug-likeness (QED) is 0.829. The average molecular weight is 296 g/mol. The van der Waals surface area contributed by atoms with Gasteiger partial charge in [0.15, 0.2) is 5.16 Å². The molecule has 0 aromatic carbocycles. The Kier molecular flexibility index (Phi) is 5.46. The van der Waals surface area contributed by atoms with Gasteiger partial charge < -0.3 is 9.88 Å². The summed E-state index contributed by atoms with van der Waals surface area (Å²) >= 11 is 1.31. The first-order valence-electron chi connectivity index (χ1n) is 6.85. The fourth-order valence-corrected chi connectivity index (χ4v) is 2.98. The molecule has 1 fully saturated rings. The molecule has 0 radical (unpaired) electrons. The van der Waals surface area contributed by atoms with E-state index in [4.69, 9.17) is 0 Å². The number of hydrogen-bond acceptors (Lipinski definition) is 4. The van der Waals surface area contributed by atoms with Gasteiger partial charge in [-0.1, -0.05) is 31.0 Å². The van der Waals surface area contributed by atoms with Crippen LogP contribution in [0, 0.1) is 0 Å². The average Bonchev–Trinajstić information content (AvgIpc) is 2.83. The van der Waals surface area contributed by atoms with Gasteiger partial charge in [-0.05, 0) is 12.8 Å². The molecule has 3 amide bonds. The van der Waals surface area contributed by atoms with E-state index in [0.29, 0.717) is 0 Å². The van der Waals surface area contributed by atoms with Crippen molar-refractivity contribution in [1.82, 2.24) is 20.2 Å². The topological polar surface area (TPSA) is 76.0 Å². The van der Waals surface area contributed by atoms with Gasteiger partial charge in [0.2, 0.25) is 5.91 Å². The number of nitrogens with zero attached hydrogens (tertiary/aromatic N) is 2. The minimum absolute atomic E-state index is 0.183. The predicted octanol–water partition coefficient (Wildman–Crippen LogP) is 1.67. The second-order valence-electron chi connectivity index (χ2n) is 4.97. The molecule has 7 heteroatoms. The molecule has 0 atom stereocenters. The minimum Gasteiger partial charge on any atom is -0.335 e. The summed E-state index contributed by atoms with van der Waals surface area (Å²) in [6.45, 7) is 0. The Labute approximate surface area is 122 Å². The van der Waals surface area contributed by atoms with E-state index in [1.54, 1.807) is 6.20 Å². The molecule has 1 heterocycles. The normalized spacial score (nSPS) is 15.8. The van der Waals surface area contributed by atoms with Crippen LogP contribution in [0.5, 0.6) is 0 Å². The Morgan fingerprint density at radius 1 is 1.40 bits per heavy atom. The van der Waals surface area contributed by atoms with Crippen LogP contribution in [0.3, 0.4) is 0 Å². The Morgan fingerprint density at radius 3 is 2.80 bits per heavy atom.